The van der Waals surface area contributed by atoms with Crippen molar-refractivity contribution in [3.05, 3.63) is 54.9 Å². The molecule has 0 amide bonds. The first-order valence-electron chi connectivity index (χ1n) is 8.88. The van der Waals surface area contributed by atoms with Crippen LogP contribution in [0.4, 0.5) is 0 Å². The Morgan fingerprint density at radius 2 is 1.30 bits per heavy atom. The molecule has 140 valence electrons. The first-order valence-corrected chi connectivity index (χ1v) is 10.5. The number of carbonyl (C=O) groups is 2. The Kier molecular flexibility index (Phi) is 4.56. The Balaban J connectivity index is 1.81. The molecule has 6 heteroatoms. The fourth-order valence-corrected chi connectivity index (χ4v) is 6.40. The Hall–Kier alpha value is -2.18. The zero-order valence-electron chi connectivity index (χ0n) is 15.1. The van der Waals surface area contributed by atoms with Crippen molar-refractivity contribution in [2.75, 3.05) is 0 Å². The standard InChI is InChI=1S/C21H20O4S2/c1-10-16(6-14(26-10)8-18(22)23)20-12-3-4-13(5-12)21(20)17-7-15(9-19(24)25)27-11(17)2/h3-4,6-7,12-13H,5,8-9H2,1-2H3,(H,22,23)(H,24,25). The van der Waals surface area contributed by atoms with Gasteiger partial charge in [-0.05, 0) is 54.7 Å². The van der Waals surface area contributed by atoms with E-state index in [0.29, 0.717) is 11.8 Å². The van der Waals surface area contributed by atoms with E-state index in [1.807, 2.05) is 12.1 Å². The third kappa shape index (κ3) is 3.28. The molecular weight excluding hydrogens is 380 g/mol. The summed E-state index contributed by atoms with van der Waals surface area (Å²) in [5, 5.41) is 18.2. The molecule has 2 N–H and O–H groups in total. The second-order valence-corrected chi connectivity index (χ2v) is 9.85. The van der Waals surface area contributed by atoms with Gasteiger partial charge in [-0.2, -0.15) is 0 Å². The average molecular weight is 401 g/mol. The highest BCUT2D eigenvalue weighted by Gasteiger charge is 2.38. The molecule has 0 aliphatic heterocycles. The number of aliphatic carboxylic acids is 2. The Morgan fingerprint density at radius 3 is 1.67 bits per heavy atom. The minimum atomic E-state index is -0.808. The van der Waals surface area contributed by atoms with Gasteiger partial charge in [-0.1, -0.05) is 12.2 Å². The van der Waals surface area contributed by atoms with E-state index in [1.54, 1.807) is 22.7 Å². The summed E-state index contributed by atoms with van der Waals surface area (Å²) < 4.78 is 0. The molecule has 2 unspecified atom stereocenters. The highest BCUT2D eigenvalue weighted by molar-refractivity contribution is 7.12. The maximum Gasteiger partial charge on any atom is 0.308 e. The summed E-state index contributed by atoms with van der Waals surface area (Å²) in [6.45, 7) is 4.12. The number of rotatable bonds is 6. The number of allylic oxidation sites excluding steroid dienone is 4. The summed E-state index contributed by atoms with van der Waals surface area (Å²) in [5.41, 5.74) is 4.92. The third-order valence-electron chi connectivity index (χ3n) is 5.28. The number of carboxylic acid groups (broad SMARTS) is 2. The van der Waals surface area contributed by atoms with Crippen LogP contribution < -0.4 is 0 Å². The summed E-state index contributed by atoms with van der Waals surface area (Å²) in [6.07, 6.45) is 5.68. The van der Waals surface area contributed by atoms with Crippen LogP contribution in [0.15, 0.2) is 24.3 Å². The van der Waals surface area contributed by atoms with E-state index in [1.165, 1.54) is 11.1 Å². The molecule has 2 bridgehead atoms. The van der Waals surface area contributed by atoms with E-state index in [4.69, 9.17) is 10.2 Å². The minimum absolute atomic E-state index is 0.0539. The monoisotopic (exact) mass is 400 g/mol. The van der Waals surface area contributed by atoms with E-state index in [0.717, 1.165) is 37.1 Å². The molecule has 2 aromatic heterocycles. The van der Waals surface area contributed by atoms with Gasteiger partial charge in [-0.25, -0.2) is 0 Å². The third-order valence-corrected chi connectivity index (χ3v) is 7.39. The van der Waals surface area contributed by atoms with Crippen LogP contribution in [-0.4, -0.2) is 22.2 Å². The van der Waals surface area contributed by atoms with Crippen molar-refractivity contribution in [3.8, 4) is 0 Å². The molecule has 2 aliphatic rings. The number of hydrogen-bond donors (Lipinski definition) is 2. The SMILES string of the molecule is Cc1sc(CC(=O)O)cc1C1=C(c2cc(CC(=O)O)sc2C)C2C=CC1C2. The van der Waals surface area contributed by atoms with Crippen LogP contribution in [0.1, 0.15) is 37.1 Å². The van der Waals surface area contributed by atoms with E-state index < -0.39 is 11.9 Å². The van der Waals surface area contributed by atoms with Crippen LogP contribution in [0, 0.1) is 25.7 Å². The first-order chi connectivity index (χ1) is 12.8. The van der Waals surface area contributed by atoms with Crippen molar-refractivity contribution >= 4 is 45.8 Å². The number of fused-ring (bicyclic) bond motifs is 2. The summed E-state index contributed by atoms with van der Waals surface area (Å²) in [4.78, 5) is 26.2. The molecule has 0 fully saturated rings. The Morgan fingerprint density at radius 1 is 0.889 bits per heavy atom. The quantitative estimate of drug-likeness (QED) is 0.683. The highest BCUT2D eigenvalue weighted by atomic mass is 32.1. The lowest BCUT2D eigenvalue weighted by Gasteiger charge is -2.17. The van der Waals surface area contributed by atoms with Gasteiger partial charge in [-0.15, -0.1) is 22.7 Å². The lowest BCUT2D eigenvalue weighted by atomic mass is 9.87. The summed E-state index contributed by atoms with van der Waals surface area (Å²) >= 11 is 3.12. The predicted molar refractivity (Wildman–Crippen MR) is 108 cm³/mol. The molecule has 27 heavy (non-hydrogen) atoms. The lowest BCUT2D eigenvalue weighted by Crippen LogP contribution is -2.00. The fraction of sp³-hybridized carbons (Fsp3) is 0.333. The predicted octanol–water partition coefficient (Wildman–Crippen LogP) is 4.80. The highest BCUT2D eigenvalue weighted by Crippen LogP contribution is 2.54. The molecule has 4 nitrogen and oxygen atoms in total. The van der Waals surface area contributed by atoms with Crippen LogP contribution in [0.2, 0.25) is 0 Å². The normalized spacial score (nSPS) is 20.7. The van der Waals surface area contributed by atoms with E-state index >= 15 is 0 Å². The molecule has 2 aromatic rings. The summed E-state index contributed by atoms with van der Waals surface area (Å²) in [5.74, 6) is -0.898. The zero-order valence-corrected chi connectivity index (χ0v) is 16.7. The van der Waals surface area contributed by atoms with Gasteiger partial charge in [0.05, 0.1) is 12.8 Å². The zero-order chi connectivity index (χ0) is 19.3. The molecule has 2 heterocycles. The molecule has 0 aromatic carbocycles. The van der Waals surface area contributed by atoms with Crippen LogP contribution in [-0.2, 0) is 22.4 Å². The van der Waals surface area contributed by atoms with Crippen LogP contribution >= 0.6 is 22.7 Å². The molecule has 0 spiro atoms. The van der Waals surface area contributed by atoms with E-state index in [9.17, 15) is 9.59 Å². The fourth-order valence-electron chi connectivity index (χ4n) is 4.31. The van der Waals surface area contributed by atoms with E-state index in [-0.39, 0.29) is 12.8 Å². The largest absolute Gasteiger partial charge is 0.481 e. The second-order valence-electron chi connectivity index (χ2n) is 7.17. The van der Waals surface area contributed by atoms with Gasteiger partial charge in [0, 0.05) is 31.3 Å². The number of hydrogen-bond acceptors (Lipinski definition) is 4. The van der Waals surface area contributed by atoms with Crippen LogP contribution in [0.5, 0.6) is 0 Å². The Labute approximate surface area is 165 Å². The average Bonchev–Trinajstić information content (AvgIpc) is 3.30. The van der Waals surface area contributed by atoms with Crippen molar-refractivity contribution in [2.24, 2.45) is 11.8 Å². The van der Waals surface area contributed by atoms with Crippen molar-refractivity contribution in [1.29, 1.82) is 0 Å². The molecular formula is C21H20O4S2. The Bertz CT molecular complexity index is 927. The van der Waals surface area contributed by atoms with Gasteiger partial charge in [-0.3, -0.25) is 9.59 Å². The minimum Gasteiger partial charge on any atom is -0.481 e. The van der Waals surface area contributed by atoms with Crippen molar-refractivity contribution in [2.45, 2.75) is 33.1 Å². The van der Waals surface area contributed by atoms with Crippen molar-refractivity contribution in [1.82, 2.24) is 0 Å². The maximum absolute atomic E-state index is 11.1. The topological polar surface area (TPSA) is 74.6 Å². The van der Waals surface area contributed by atoms with Gasteiger partial charge in [0.2, 0.25) is 0 Å². The van der Waals surface area contributed by atoms with Gasteiger partial charge in [0.15, 0.2) is 0 Å². The maximum atomic E-state index is 11.1. The number of aryl methyl sites for hydroxylation is 2. The smallest absolute Gasteiger partial charge is 0.308 e. The molecule has 0 saturated heterocycles. The number of carboxylic acids is 2. The van der Waals surface area contributed by atoms with E-state index in [2.05, 4.69) is 26.0 Å². The molecule has 0 radical (unpaired) electrons. The van der Waals surface area contributed by atoms with Gasteiger partial charge >= 0.3 is 11.9 Å². The molecule has 2 atom stereocenters. The van der Waals surface area contributed by atoms with Crippen molar-refractivity contribution < 1.29 is 19.8 Å². The van der Waals surface area contributed by atoms with Crippen LogP contribution in [0.3, 0.4) is 0 Å². The van der Waals surface area contributed by atoms with Gasteiger partial charge < -0.3 is 10.2 Å². The van der Waals surface area contributed by atoms with Crippen LogP contribution in [0.25, 0.3) is 11.1 Å². The summed E-state index contributed by atoms with van der Waals surface area (Å²) in [6, 6.07) is 4.08. The summed E-state index contributed by atoms with van der Waals surface area (Å²) in [7, 11) is 0. The number of thiophene rings is 2. The van der Waals surface area contributed by atoms with Gasteiger partial charge in [0.25, 0.3) is 0 Å². The van der Waals surface area contributed by atoms with Crippen molar-refractivity contribution in [3.63, 3.8) is 0 Å². The molecule has 2 aliphatic carbocycles. The second kappa shape index (κ2) is 6.77. The molecule has 0 saturated carbocycles. The molecule has 4 rings (SSSR count). The lowest BCUT2D eigenvalue weighted by molar-refractivity contribution is -0.137. The van der Waals surface area contributed by atoms with Gasteiger partial charge in [0.1, 0.15) is 0 Å². The first kappa shape index (κ1) is 18.2.